The Morgan fingerprint density at radius 2 is 1.71 bits per heavy atom. The van der Waals surface area contributed by atoms with Gasteiger partial charge in [-0.05, 0) is 24.3 Å². The highest BCUT2D eigenvalue weighted by molar-refractivity contribution is 7.89. The minimum absolute atomic E-state index is 0.117. The molecule has 31 heavy (non-hydrogen) atoms. The molecule has 2 aromatic rings. The Morgan fingerprint density at radius 1 is 1.00 bits per heavy atom. The van der Waals surface area contributed by atoms with Gasteiger partial charge in [-0.3, -0.25) is 9.59 Å². The van der Waals surface area contributed by atoms with Crippen molar-refractivity contribution in [2.45, 2.75) is 17.4 Å². The lowest BCUT2D eigenvalue weighted by Crippen LogP contribution is -2.59. The lowest BCUT2D eigenvalue weighted by Gasteiger charge is -2.38. The fraction of sp³-hybridized carbons (Fsp3) is 0.381. The van der Waals surface area contributed by atoms with Gasteiger partial charge in [-0.15, -0.1) is 0 Å². The van der Waals surface area contributed by atoms with Crippen LogP contribution in [0.3, 0.4) is 0 Å². The van der Waals surface area contributed by atoms with E-state index in [1.807, 2.05) is 18.2 Å². The summed E-state index contributed by atoms with van der Waals surface area (Å²) in [4.78, 5) is 33.7. The number of carbonyl (C=O) groups is 2. The number of carbonyl (C=O) groups excluding carboxylic acids is 2. The Hall–Kier alpha value is -2.98. The average molecular weight is 444 g/mol. The molecule has 0 spiro atoms. The molecule has 2 fully saturated rings. The zero-order valence-corrected chi connectivity index (χ0v) is 17.9. The molecule has 164 valence electrons. The summed E-state index contributed by atoms with van der Waals surface area (Å²) < 4.78 is 27.4. The maximum absolute atomic E-state index is 13.1. The van der Waals surface area contributed by atoms with E-state index in [-0.39, 0.29) is 30.3 Å². The molecule has 1 atom stereocenters. The van der Waals surface area contributed by atoms with Crippen LogP contribution in [0.15, 0.2) is 59.6 Å². The van der Waals surface area contributed by atoms with E-state index in [2.05, 4.69) is 15.2 Å². The van der Waals surface area contributed by atoms with Crippen molar-refractivity contribution >= 4 is 27.7 Å². The number of hydrogen-bond acceptors (Lipinski definition) is 6. The van der Waals surface area contributed by atoms with Crippen LogP contribution >= 0.6 is 0 Å². The van der Waals surface area contributed by atoms with Crippen molar-refractivity contribution in [2.24, 2.45) is 0 Å². The number of aromatic nitrogens is 1. The number of rotatable bonds is 5. The molecule has 2 saturated heterocycles. The van der Waals surface area contributed by atoms with E-state index >= 15 is 0 Å². The number of piperazine rings is 2. The molecule has 3 heterocycles. The van der Waals surface area contributed by atoms with E-state index in [0.717, 1.165) is 10.1 Å². The van der Waals surface area contributed by atoms with Crippen molar-refractivity contribution in [3.63, 3.8) is 0 Å². The highest BCUT2D eigenvalue weighted by Crippen LogP contribution is 2.22. The molecule has 1 aromatic heterocycles. The Morgan fingerprint density at radius 3 is 2.39 bits per heavy atom. The maximum atomic E-state index is 13.1. The van der Waals surface area contributed by atoms with Crippen LogP contribution in [0.2, 0.25) is 0 Å². The number of anilines is 1. The predicted molar refractivity (Wildman–Crippen MR) is 115 cm³/mol. The Balaban J connectivity index is 1.44. The van der Waals surface area contributed by atoms with Crippen molar-refractivity contribution in [1.29, 1.82) is 0 Å². The van der Waals surface area contributed by atoms with Crippen molar-refractivity contribution in [1.82, 2.24) is 19.5 Å². The number of nitrogens with zero attached hydrogens (tertiary/aromatic N) is 4. The summed E-state index contributed by atoms with van der Waals surface area (Å²) in [6.45, 7) is 2.61. The number of benzene rings is 1. The number of hydrogen-bond donors (Lipinski definition) is 1. The van der Waals surface area contributed by atoms with E-state index in [0.29, 0.717) is 26.2 Å². The quantitative estimate of drug-likeness (QED) is 0.714. The molecule has 9 nitrogen and oxygen atoms in total. The van der Waals surface area contributed by atoms with Crippen LogP contribution < -0.4 is 10.2 Å². The summed E-state index contributed by atoms with van der Waals surface area (Å²) in [5.41, 5.74) is 0. The van der Waals surface area contributed by atoms with E-state index in [4.69, 9.17) is 0 Å². The third-order valence-electron chi connectivity index (χ3n) is 5.61. The smallest absolute Gasteiger partial charge is 0.243 e. The van der Waals surface area contributed by atoms with E-state index in [1.54, 1.807) is 29.3 Å². The van der Waals surface area contributed by atoms with Gasteiger partial charge in [0.25, 0.3) is 0 Å². The topological polar surface area (TPSA) is 103 Å². The van der Waals surface area contributed by atoms with Crippen molar-refractivity contribution in [3.8, 4) is 0 Å². The van der Waals surface area contributed by atoms with Gasteiger partial charge >= 0.3 is 0 Å². The molecule has 0 bridgehead atoms. The molecule has 10 heteroatoms. The van der Waals surface area contributed by atoms with E-state index < -0.39 is 22.0 Å². The van der Waals surface area contributed by atoms with Gasteiger partial charge in [0, 0.05) is 45.5 Å². The third-order valence-corrected chi connectivity index (χ3v) is 7.53. The first-order chi connectivity index (χ1) is 15.0. The summed E-state index contributed by atoms with van der Waals surface area (Å²) in [5.74, 6) is 0.198. The Labute approximate surface area is 181 Å². The monoisotopic (exact) mass is 443 g/mol. The van der Waals surface area contributed by atoms with Crippen molar-refractivity contribution < 1.29 is 18.0 Å². The van der Waals surface area contributed by atoms with Crippen LogP contribution in [0, 0.1) is 0 Å². The number of amides is 2. The number of nitrogens with one attached hydrogen (secondary N) is 1. The van der Waals surface area contributed by atoms with Gasteiger partial charge in [-0.25, -0.2) is 13.4 Å². The molecule has 4 rings (SSSR count). The molecule has 1 aromatic carbocycles. The lowest BCUT2D eigenvalue weighted by molar-refractivity contribution is -0.137. The second-order valence-corrected chi connectivity index (χ2v) is 9.39. The molecule has 2 amide bonds. The van der Waals surface area contributed by atoms with Crippen LogP contribution in [-0.2, 0) is 19.6 Å². The molecular formula is C21H25N5O4S. The summed E-state index contributed by atoms with van der Waals surface area (Å²) >= 11 is 0. The molecule has 0 aliphatic carbocycles. The van der Waals surface area contributed by atoms with Crippen LogP contribution in [0.4, 0.5) is 5.82 Å². The van der Waals surface area contributed by atoms with Crippen molar-refractivity contribution in [2.75, 3.05) is 44.2 Å². The second-order valence-electron chi connectivity index (χ2n) is 7.50. The molecule has 0 radical (unpaired) electrons. The summed E-state index contributed by atoms with van der Waals surface area (Å²) in [7, 11) is -3.88. The lowest BCUT2D eigenvalue weighted by atomic mass is 10.1. The largest absolute Gasteiger partial charge is 0.353 e. The van der Waals surface area contributed by atoms with Crippen LogP contribution in [0.25, 0.3) is 0 Å². The highest BCUT2D eigenvalue weighted by Gasteiger charge is 2.40. The normalized spacial score (nSPS) is 20.4. The molecular weight excluding hydrogens is 418 g/mol. The Bertz CT molecular complexity index is 1020. The summed E-state index contributed by atoms with van der Waals surface area (Å²) in [6, 6.07) is 12.6. The van der Waals surface area contributed by atoms with Gasteiger partial charge < -0.3 is 15.1 Å². The average Bonchev–Trinajstić information content (AvgIpc) is 2.81. The molecule has 0 unspecified atom stereocenters. The second kappa shape index (κ2) is 9.03. The van der Waals surface area contributed by atoms with Gasteiger partial charge in [0.2, 0.25) is 21.8 Å². The number of pyridine rings is 1. The van der Waals surface area contributed by atoms with E-state index in [1.165, 1.54) is 12.1 Å². The first-order valence-electron chi connectivity index (χ1n) is 10.3. The van der Waals surface area contributed by atoms with Crippen molar-refractivity contribution in [3.05, 3.63) is 54.7 Å². The minimum Gasteiger partial charge on any atom is -0.353 e. The third kappa shape index (κ3) is 4.54. The molecule has 2 aliphatic heterocycles. The maximum Gasteiger partial charge on any atom is 0.243 e. The summed E-state index contributed by atoms with van der Waals surface area (Å²) in [6.07, 6.45) is 1.55. The van der Waals surface area contributed by atoms with Gasteiger partial charge in [0.15, 0.2) is 0 Å². The van der Waals surface area contributed by atoms with Crippen LogP contribution in [0.1, 0.15) is 6.42 Å². The first-order valence-corrected chi connectivity index (χ1v) is 11.7. The molecule has 0 saturated carbocycles. The fourth-order valence-electron chi connectivity index (χ4n) is 3.92. The predicted octanol–water partition coefficient (Wildman–Crippen LogP) is 0.310. The molecule has 1 N–H and O–H groups in total. The zero-order chi connectivity index (χ0) is 21.8. The standard InChI is InChI=1S/C21H25N5O4S/c27-20(25-14-12-24(13-15-25)19-8-4-5-9-22-19)16-18-21(28)23-10-11-26(18)31(29,30)17-6-2-1-3-7-17/h1-9,18H,10-16H2,(H,23,28)/t18-/m0/s1. The van der Waals surface area contributed by atoms with Crippen LogP contribution in [0.5, 0.6) is 0 Å². The fourth-order valence-corrected chi connectivity index (χ4v) is 5.53. The Kier molecular flexibility index (Phi) is 6.19. The van der Waals surface area contributed by atoms with Gasteiger partial charge in [-0.2, -0.15) is 4.31 Å². The first kappa shape index (κ1) is 21.3. The highest BCUT2D eigenvalue weighted by atomic mass is 32.2. The van der Waals surface area contributed by atoms with Crippen LogP contribution in [-0.4, -0.2) is 79.7 Å². The van der Waals surface area contributed by atoms with E-state index in [9.17, 15) is 18.0 Å². The molecule has 2 aliphatic rings. The number of sulfonamides is 1. The zero-order valence-electron chi connectivity index (χ0n) is 17.1. The van der Waals surface area contributed by atoms with Gasteiger partial charge in [-0.1, -0.05) is 24.3 Å². The summed E-state index contributed by atoms with van der Waals surface area (Å²) in [5, 5.41) is 2.69. The van der Waals surface area contributed by atoms with Gasteiger partial charge in [0.05, 0.1) is 11.3 Å². The van der Waals surface area contributed by atoms with Gasteiger partial charge in [0.1, 0.15) is 11.9 Å². The SMILES string of the molecule is O=C1NCCN(S(=O)(=O)c2ccccc2)[C@H]1CC(=O)N1CCN(c2ccccn2)CC1. The minimum atomic E-state index is -3.88.